The summed E-state index contributed by atoms with van der Waals surface area (Å²) in [5.41, 5.74) is 1.77. The normalized spacial score (nSPS) is 16.8. The molecule has 3 N–H and O–H groups in total. The highest BCUT2D eigenvalue weighted by atomic mass is 35.5. The Balaban J connectivity index is 0.00000176. The van der Waals surface area contributed by atoms with Crippen LogP contribution < -0.4 is 10.6 Å². The van der Waals surface area contributed by atoms with E-state index in [9.17, 15) is 9.59 Å². The summed E-state index contributed by atoms with van der Waals surface area (Å²) in [6, 6.07) is 8.69. The molecule has 0 bridgehead atoms. The predicted molar refractivity (Wildman–Crippen MR) is 86.7 cm³/mol. The maximum atomic E-state index is 12.1. The summed E-state index contributed by atoms with van der Waals surface area (Å²) in [5, 5.41) is 6.19. The number of hydrogen-bond donors (Lipinski definition) is 3. The van der Waals surface area contributed by atoms with Crippen LogP contribution in [0, 0.1) is 0 Å². The minimum atomic E-state index is -0.0932. The van der Waals surface area contributed by atoms with Crippen molar-refractivity contribution < 1.29 is 9.59 Å². The van der Waals surface area contributed by atoms with E-state index in [1.54, 1.807) is 42.7 Å². The number of aromatic amines is 1. The summed E-state index contributed by atoms with van der Waals surface area (Å²) in [6.45, 7) is 1.75. The fourth-order valence-electron chi connectivity index (χ4n) is 2.45. The molecule has 116 valence electrons. The molecule has 2 aromatic rings. The highest BCUT2D eigenvalue weighted by Gasteiger charge is 2.17. The highest BCUT2D eigenvalue weighted by molar-refractivity contribution is 6.09. The number of aromatic nitrogens is 1. The first-order chi connectivity index (χ1) is 10.2. The molecule has 1 atom stereocenters. The monoisotopic (exact) mass is 319 g/mol. The van der Waals surface area contributed by atoms with Gasteiger partial charge < -0.3 is 15.6 Å². The fraction of sp³-hybridized carbons (Fsp3) is 0.250. The average molecular weight is 320 g/mol. The summed E-state index contributed by atoms with van der Waals surface area (Å²) in [7, 11) is 0. The van der Waals surface area contributed by atoms with Crippen LogP contribution in [0.15, 0.2) is 42.7 Å². The Hall–Kier alpha value is -2.11. The minimum absolute atomic E-state index is 0. The van der Waals surface area contributed by atoms with Crippen molar-refractivity contribution in [3.8, 4) is 0 Å². The number of H-pyrrole nitrogens is 1. The molecule has 3 rings (SSSR count). The molecule has 5 nitrogen and oxygen atoms in total. The quantitative estimate of drug-likeness (QED) is 0.752. The van der Waals surface area contributed by atoms with Gasteiger partial charge in [-0.05, 0) is 31.2 Å². The maximum absolute atomic E-state index is 12.1. The van der Waals surface area contributed by atoms with Gasteiger partial charge in [-0.15, -0.1) is 12.4 Å². The minimum Gasteiger partial charge on any atom is -0.367 e. The number of carbonyl (C=O) groups excluding carboxylic acids is 2. The topological polar surface area (TPSA) is 74.0 Å². The van der Waals surface area contributed by atoms with E-state index < -0.39 is 0 Å². The van der Waals surface area contributed by atoms with Crippen molar-refractivity contribution >= 4 is 24.1 Å². The number of rotatable bonds is 4. The molecule has 6 heteroatoms. The molecular formula is C16H18ClN3O2. The number of hydrogen-bond acceptors (Lipinski definition) is 3. The van der Waals surface area contributed by atoms with Crippen molar-refractivity contribution in [2.45, 2.75) is 12.5 Å². The molecule has 1 aliphatic rings. The number of nitrogens with one attached hydrogen (secondary N) is 3. The molecule has 1 saturated heterocycles. The molecule has 22 heavy (non-hydrogen) atoms. The summed E-state index contributed by atoms with van der Waals surface area (Å²) in [5.74, 6) is -0.146. The van der Waals surface area contributed by atoms with Gasteiger partial charge in [0, 0.05) is 41.7 Å². The standard InChI is InChI=1S/C16H17N3O2.ClH/c20-15(13-5-7-17-9-13)11-1-3-12(4-2-11)16(21)19-14-6-8-18-10-14;/h1-5,7,9,14,17-18H,6,8,10H2,(H,19,21);1H. The molecule has 0 saturated carbocycles. The molecule has 1 aromatic carbocycles. The molecule has 0 radical (unpaired) electrons. The lowest BCUT2D eigenvalue weighted by molar-refractivity contribution is 0.0938. The maximum Gasteiger partial charge on any atom is 0.251 e. The van der Waals surface area contributed by atoms with Gasteiger partial charge in [-0.3, -0.25) is 9.59 Å². The third-order valence-corrected chi connectivity index (χ3v) is 3.66. The summed E-state index contributed by atoms with van der Waals surface area (Å²) in [6.07, 6.45) is 4.33. The Morgan fingerprint density at radius 3 is 2.36 bits per heavy atom. The van der Waals surface area contributed by atoms with Crippen LogP contribution in [0.4, 0.5) is 0 Å². The van der Waals surface area contributed by atoms with Gasteiger partial charge >= 0.3 is 0 Å². The lowest BCUT2D eigenvalue weighted by Crippen LogP contribution is -2.36. The third-order valence-electron chi connectivity index (χ3n) is 3.66. The van der Waals surface area contributed by atoms with E-state index >= 15 is 0 Å². The van der Waals surface area contributed by atoms with Crippen molar-refractivity contribution in [1.29, 1.82) is 0 Å². The smallest absolute Gasteiger partial charge is 0.251 e. The van der Waals surface area contributed by atoms with Gasteiger partial charge in [-0.25, -0.2) is 0 Å². The van der Waals surface area contributed by atoms with Gasteiger partial charge in [0.2, 0.25) is 0 Å². The number of carbonyl (C=O) groups is 2. The van der Waals surface area contributed by atoms with E-state index in [2.05, 4.69) is 15.6 Å². The van der Waals surface area contributed by atoms with E-state index in [1.807, 2.05) is 0 Å². The van der Waals surface area contributed by atoms with Crippen molar-refractivity contribution in [1.82, 2.24) is 15.6 Å². The summed E-state index contributed by atoms with van der Waals surface area (Å²) < 4.78 is 0. The number of halogens is 1. The Labute approximate surface area is 134 Å². The zero-order valence-electron chi connectivity index (χ0n) is 12.0. The lowest BCUT2D eigenvalue weighted by Gasteiger charge is -2.11. The van der Waals surface area contributed by atoms with Crippen LogP contribution in [0.25, 0.3) is 0 Å². The Kier molecular flexibility index (Phi) is 5.35. The second-order valence-corrected chi connectivity index (χ2v) is 5.17. The molecule has 1 unspecified atom stereocenters. The van der Waals surface area contributed by atoms with Gasteiger partial charge in [0.25, 0.3) is 5.91 Å². The van der Waals surface area contributed by atoms with Gasteiger partial charge in [-0.2, -0.15) is 0 Å². The van der Waals surface area contributed by atoms with E-state index in [0.29, 0.717) is 16.7 Å². The van der Waals surface area contributed by atoms with Crippen LogP contribution in [-0.4, -0.2) is 35.8 Å². The largest absolute Gasteiger partial charge is 0.367 e. The van der Waals surface area contributed by atoms with Crippen LogP contribution in [0.2, 0.25) is 0 Å². The molecule has 0 spiro atoms. The highest BCUT2D eigenvalue weighted by Crippen LogP contribution is 2.11. The molecule has 1 aliphatic heterocycles. The molecule has 2 heterocycles. The van der Waals surface area contributed by atoms with Crippen molar-refractivity contribution in [3.63, 3.8) is 0 Å². The molecular weight excluding hydrogens is 302 g/mol. The van der Waals surface area contributed by atoms with Gasteiger partial charge in [0.05, 0.1) is 0 Å². The van der Waals surface area contributed by atoms with Crippen molar-refractivity contribution in [3.05, 3.63) is 59.4 Å². The van der Waals surface area contributed by atoms with Crippen LogP contribution in [-0.2, 0) is 0 Å². The molecule has 1 amide bonds. The summed E-state index contributed by atoms with van der Waals surface area (Å²) >= 11 is 0. The van der Waals surface area contributed by atoms with Crippen LogP contribution in [0.5, 0.6) is 0 Å². The average Bonchev–Trinajstić information content (AvgIpc) is 3.20. The van der Waals surface area contributed by atoms with E-state index in [-0.39, 0.29) is 30.1 Å². The van der Waals surface area contributed by atoms with E-state index in [1.165, 1.54) is 0 Å². The second-order valence-electron chi connectivity index (χ2n) is 5.17. The first-order valence-corrected chi connectivity index (χ1v) is 7.03. The molecule has 1 aromatic heterocycles. The number of ketones is 1. The first-order valence-electron chi connectivity index (χ1n) is 7.03. The third kappa shape index (κ3) is 3.55. The Morgan fingerprint density at radius 1 is 1.05 bits per heavy atom. The zero-order valence-corrected chi connectivity index (χ0v) is 12.8. The molecule has 1 fully saturated rings. The first kappa shape index (κ1) is 16.3. The number of amides is 1. The SMILES string of the molecule is Cl.O=C(NC1CCNC1)c1ccc(C(=O)c2cc[nH]c2)cc1. The fourth-order valence-corrected chi connectivity index (χ4v) is 2.45. The van der Waals surface area contributed by atoms with Crippen LogP contribution in [0.3, 0.4) is 0 Å². The van der Waals surface area contributed by atoms with Crippen LogP contribution in [0.1, 0.15) is 32.7 Å². The number of benzene rings is 1. The second kappa shape index (κ2) is 7.24. The Morgan fingerprint density at radius 2 is 1.77 bits per heavy atom. The van der Waals surface area contributed by atoms with Gasteiger partial charge in [-0.1, -0.05) is 12.1 Å². The van der Waals surface area contributed by atoms with Crippen molar-refractivity contribution in [2.24, 2.45) is 0 Å². The zero-order chi connectivity index (χ0) is 14.7. The van der Waals surface area contributed by atoms with Crippen LogP contribution >= 0.6 is 12.4 Å². The lowest BCUT2D eigenvalue weighted by atomic mass is 10.0. The van der Waals surface area contributed by atoms with Gasteiger partial charge in [0.1, 0.15) is 0 Å². The Bertz CT molecular complexity index is 632. The molecule has 0 aliphatic carbocycles. The van der Waals surface area contributed by atoms with E-state index in [0.717, 1.165) is 19.5 Å². The van der Waals surface area contributed by atoms with Gasteiger partial charge in [0.15, 0.2) is 5.78 Å². The van der Waals surface area contributed by atoms with Crippen molar-refractivity contribution in [2.75, 3.05) is 13.1 Å². The predicted octanol–water partition coefficient (Wildman–Crippen LogP) is 1.76. The van der Waals surface area contributed by atoms with E-state index in [4.69, 9.17) is 0 Å². The summed E-state index contributed by atoms with van der Waals surface area (Å²) in [4.78, 5) is 27.1.